The fourth-order valence-electron chi connectivity index (χ4n) is 1.18. The minimum atomic E-state index is 0.0985. The van der Waals surface area contributed by atoms with Crippen molar-refractivity contribution in [3.05, 3.63) is 30.3 Å². The van der Waals surface area contributed by atoms with E-state index in [0.717, 1.165) is 12.2 Å². The molecule has 0 amide bonds. The Morgan fingerprint density at radius 3 is 2.33 bits per heavy atom. The highest BCUT2D eigenvalue weighted by molar-refractivity contribution is 5.21. The van der Waals surface area contributed by atoms with E-state index in [0.29, 0.717) is 12.7 Å². The van der Waals surface area contributed by atoms with E-state index in [1.165, 1.54) is 0 Å². The van der Waals surface area contributed by atoms with Crippen LogP contribution in [0.5, 0.6) is 5.75 Å². The summed E-state index contributed by atoms with van der Waals surface area (Å²) in [7, 11) is 0. The van der Waals surface area contributed by atoms with Crippen LogP contribution in [-0.2, 0) is 4.74 Å². The van der Waals surface area contributed by atoms with Gasteiger partial charge in [-0.15, -0.1) is 0 Å². The van der Waals surface area contributed by atoms with Crippen LogP contribution in [0.15, 0.2) is 30.3 Å². The summed E-state index contributed by atoms with van der Waals surface area (Å²) in [4.78, 5) is 0. The Bertz CT molecular complexity index is 258. The Morgan fingerprint density at radius 2 is 1.73 bits per heavy atom. The van der Waals surface area contributed by atoms with E-state index in [1.807, 2.05) is 37.3 Å². The predicted octanol–water partition coefficient (Wildman–Crippen LogP) is 3.27. The van der Waals surface area contributed by atoms with Gasteiger partial charge < -0.3 is 9.47 Å². The first-order valence-electron chi connectivity index (χ1n) is 5.55. The third-order valence-electron chi connectivity index (χ3n) is 2.27. The predicted molar refractivity (Wildman–Crippen MR) is 62.2 cm³/mol. The van der Waals surface area contributed by atoms with Crippen molar-refractivity contribution in [3.8, 4) is 5.75 Å². The number of para-hydroxylation sites is 1. The van der Waals surface area contributed by atoms with E-state index in [1.54, 1.807) is 0 Å². The van der Waals surface area contributed by atoms with Crippen molar-refractivity contribution in [2.45, 2.75) is 39.4 Å². The Balaban J connectivity index is 2.27. The van der Waals surface area contributed by atoms with Gasteiger partial charge in [0, 0.05) is 0 Å². The second-order valence-corrected chi connectivity index (χ2v) is 3.79. The maximum absolute atomic E-state index is 5.68. The van der Waals surface area contributed by atoms with E-state index in [4.69, 9.17) is 9.47 Å². The van der Waals surface area contributed by atoms with Crippen LogP contribution in [0.25, 0.3) is 0 Å². The molecule has 2 nitrogen and oxygen atoms in total. The molecule has 0 N–H and O–H groups in total. The fraction of sp³-hybridized carbons (Fsp3) is 0.538. The monoisotopic (exact) mass is 208 g/mol. The Kier molecular flexibility index (Phi) is 5.19. The van der Waals surface area contributed by atoms with Gasteiger partial charge in [0.1, 0.15) is 11.9 Å². The molecule has 0 aromatic heterocycles. The quantitative estimate of drug-likeness (QED) is 0.714. The molecule has 1 aromatic rings. The molecule has 1 rings (SSSR count). The van der Waals surface area contributed by atoms with Gasteiger partial charge in [0.15, 0.2) is 0 Å². The molecule has 0 heterocycles. The van der Waals surface area contributed by atoms with Crippen LogP contribution in [0.3, 0.4) is 0 Å². The van der Waals surface area contributed by atoms with Crippen LogP contribution in [0.4, 0.5) is 0 Å². The van der Waals surface area contributed by atoms with Crippen LogP contribution in [-0.4, -0.2) is 18.8 Å². The summed E-state index contributed by atoms with van der Waals surface area (Å²) >= 11 is 0. The molecule has 0 aliphatic carbocycles. The van der Waals surface area contributed by atoms with Crippen molar-refractivity contribution < 1.29 is 9.47 Å². The lowest BCUT2D eigenvalue weighted by Gasteiger charge is -2.17. The second kappa shape index (κ2) is 6.46. The summed E-state index contributed by atoms with van der Waals surface area (Å²) < 4.78 is 11.3. The molecule has 84 valence electrons. The highest BCUT2D eigenvalue weighted by Gasteiger charge is 2.06. The number of rotatable bonds is 6. The average Bonchev–Trinajstić information content (AvgIpc) is 2.27. The molecule has 1 aromatic carbocycles. The van der Waals surface area contributed by atoms with Crippen LogP contribution in [0, 0.1) is 0 Å². The summed E-state index contributed by atoms with van der Waals surface area (Å²) in [5.41, 5.74) is 0. The van der Waals surface area contributed by atoms with Gasteiger partial charge in [0.25, 0.3) is 0 Å². The summed E-state index contributed by atoms with van der Waals surface area (Å²) in [6, 6.07) is 9.84. The molecule has 2 unspecified atom stereocenters. The first-order valence-corrected chi connectivity index (χ1v) is 5.55. The van der Waals surface area contributed by atoms with E-state index in [2.05, 4.69) is 13.8 Å². The lowest BCUT2D eigenvalue weighted by molar-refractivity contribution is 0.0131. The summed E-state index contributed by atoms with van der Waals surface area (Å²) in [6.45, 7) is 6.86. The van der Waals surface area contributed by atoms with Gasteiger partial charge in [-0.3, -0.25) is 0 Å². The summed E-state index contributed by atoms with van der Waals surface area (Å²) in [6.07, 6.45) is 1.45. The van der Waals surface area contributed by atoms with Gasteiger partial charge in [0.2, 0.25) is 0 Å². The normalized spacial score (nSPS) is 14.6. The molecule has 0 bridgehead atoms. The molecule has 0 aliphatic rings. The molecule has 0 aliphatic heterocycles. The van der Waals surface area contributed by atoms with Gasteiger partial charge in [-0.25, -0.2) is 0 Å². The number of hydrogen-bond donors (Lipinski definition) is 0. The molecule has 0 spiro atoms. The maximum Gasteiger partial charge on any atom is 0.119 e. The van der Waals surface area contributed by atoms with Gasteiger partial charge in [0.05, 0.1) is 12.7 Å². The standard InChI is InChI=1S/C13H20O2/c1-4-11(2)14-10-12(3)15-13-8-6-5-7-9-13/h5-9,11-12H,4,10H2,1-3H3. The summed E-state index contributed by atoms with van der Waals surface area (Å²) in [5, 5.41) is 0. The molecule has 2 atom stereocenters. The highest BCUT2D eigenvalue weighted by atomic mass is 16.5. The number of hydrogen-bond acceptors (Lipinski definition) is 2. The zero-order valence-corrected chi connectivity index (χ0v) is 9.77. The second-order valence-electron chi connectivity index (χ2n) is 3.79. The molecule has 0 saturated carbocycles. The Labute approximate surface area is 92.2 Å². The lowest BCUT2D eigenvalue weighted by Crippen LogP contribution is -2.22. The van der Waals surface area contributed by atoms with Crippen LogP contribution in [0.1, 0.15) is 27.2 Å². The minimum absolute atomic E-state index is 0.0985. The molecule has 0 saturated heterocycles. The smallest absolute Gasteiger partial charge is 0.119 e. The summed E-state index contributed by atoms with van der Waals surface area (Å²) in [5.74, 6) is 0.901. The van der Waals surface area contributed by atoms with Crippen molar-refractivity contribution in [1.29, 1.82) is 0 Å². The van der Waals surface area contributed by atoms with E-state index in [9.17, 15) is 0 Å². The highest BCUT2D eigenvalue weighted by Crippen LogP contribution is 2.11. The zero-order chi connectivity index (χ0) is 11.1. The average molecular weight is 208 g/mol. The molecule has 2 heteroatoms. The molecular weight excluding hydrogens is 188 g/mol. The van der Waals surface area contributed by atoms with Crippen LogP contribution >= 0.6 is 0 Å². The molecule has 15 heavy (non-hydrogen) atoms. The fourth-order valence-corrected chi connectivity index (χ4v) is 1.18. The number of ether oxygens (including phenoxy) is 2. The van der Waals surface area contributed by atoms with Gasteiger partial charge in [-0.1, -0.05) is 25.1 Å². The molecule has 0 radical (unpaired) electrons. The zero-order valence-electron chi connectivity index (χ0n) is 9.77. The van der Waals surface area contributed by atoms with Gasteiger partial charge in [-0.05, 0) is 32.4 Å². The number of benzene rings is 1. The third kappa shape index (κ3) is 4.84. The van der Waals surface area contributed by atoms with E-state index in [-0.39, 0.29) is 6.10 Å². The van der Waals surface area contributed by atoms with Gasteiger partial charge in [-0.2, -0.15) is 0 Å². The molecular formula is C13H20O2. The minimum Gasteiger partial charge on any atom is -0.488 e. The van der Waals surface area contributed by atoms with Gasteiger partial charge >= 0.3 is 0 Å². The van der Waals surface area contributed by atoms with Crippen molar-refractivity contribution in [2.24, 2.45) is 0 Å². The molecule has 0 fully saturated rings. The van der Waals surface area contributed by atoms with Crippen molar-refractivity contribution in [2.75, 3.05) is 6.61 Å². The van der Waals surface area contributed by atoms with E-state index < -0.39 is 0 Å². The Hall–Kier alpha value is -1.02. The first kappa shape index (κ1) is 12.1. The Morgan fingerprint density at radius 1 is 1.07 bits per heavy atom. The van der Waals surface area contributed by atoms with Crippen molar-refractivity contribution in [1.82, 2.24) is 0 Å². The van der Waals surface area contributed by atoms with Crippen molar-refractivity contribution >= 4 is 0 Å². The third-order valence-corrected chi connectivity index (χ3v) is 2.27. The first-order chi connectivity index (χ1) is 7.22. The van der Waals surface area contributed by atoms with Crippen molar-refractivity contribution in [3.63, 3.8) is 0 Å². The van der Waals surface area contributed by atoms with Crippen LogP contribution < -0.4 is 4.74 Å². The lowest BCUT2D eigenvalue weighted by atomic mass is 10.3. The largest absolute Gasteiger partial charge is 0.488 e. The van der Waals surface area contributed by atoms with Crippen LogP contribution in [0.2, 0.25) is 0 Å². The SMILES string of the molecule is CCC(C)OCC(C)Oc1ccccc1. The van der Waals surface area contributed by atoms with E-state index >= 15 is 0 Å². The maximum atomic E-state index is 5.68. The topological polar surface area (TPSA) is 18.5 Å².